The van der Waals surface area contributed by atoms with E-state index in [9.17, 15) is 4.79 Å². The third-order valence-corrected chi connectivity index (χ3v) is 6.29. The number of methoxy groups -OCH3 is 1. The summed E-state index contributed by atoms with van der Waals surface area (Å²) in [6, 6.07) is 16.2. The van der Waals surface area contributed by atoms with Crippen molar-refractivity contribution in [1.82, 2.24) is 9.80 Å². The SMILES string of the molecule is COc1cc(CN2CCCC23CCCN(C)C3=O)ccc1OCc1ccccc1. The van der Waals surface area contributed by atoms with Crippen molar-refractivity contribution < 1.29 is 14.3 Å². The molecule has 5 heteroatoms. The summed E-state index contributed by atoms with van der Waals surface area (Å²) < 4.78 is 11.6. The zero-order valence-electron chi connectivity index (χ0n) is 17.4. The lowest BCUT2D eigenvalue weighted by molar-refractivity contribution is -0.146. The zero-order chi connectivity index (χ0) is 20.3. The maximum Gasteiger partial charge on any atom is 0.242 e. The monoisotopic (exact) mass is 394 g/mol. The van der Waals surface area contributed by atoms with Crippen molar-refractivity contribution in [2.75, 3.05) is 27.2 Å². The van der Waals surface area contributed by atoms with Crippen LogP contribution in [0.1, 0.15) is 36.8 Å². The minimum Gasteiger partial charge on any atom is -0.493 e. The number of hydrogen-bond donors (Lipinski definition) is 0. The maximum atomic E-state index is 13.0. The average molecular weight is 395 g/mol. The summed E-state index contributed by atoms with van der Waals surface area (Å²) in [5, 5.41) is 0. The van der Waals surface area contributed by atoms with Crippen LogP contribution in [0.4, 0.5) is 0 Å². The summed E-state index contributed by atoms with van der Waals surface area (Å²) in [6.07, 6.45) is 4.08. The first-order valence-corrected chi connectivity index (χ1v) is 10.5. The number of carbonyl (C=O) groups is 1. The molecule has 1 atom stereocenters. The molecule has 2 aliphatic heterocycles. The Bertz CT molecular complexity index is 854. The normalized spacial score (nSPS) is 22.3. The minimum atomic E-state index is -0.317. The van der Waals surface area contributed by atoms with Crippen molar-refractivity contribution in [2.45, 2.75) is 44.4 Å². The van der Waals surface area contributed by atoms with Crippen molar-refractivity contribution in [1.29, 1.82) is 0 Å². The van der Waals surface area contributed by atoms with E-state index in [0.717, 1.165) is 67.9 Å². The van der Waals surface area contributed by atoms with Crippen LogP contribution in [0.3, 0.4) is 0 Å². The molecule has 0 bridgehead atoms. The molecule has 0 saturated carbocycles. The third kappa shape index (κ3) is 3.97. The van der Waals surface area contributed by atoms with E-state index in [0.29, 0.717) is 6.61 Å². The first kappa shape index (κ1) is 19.8. The second kappa shape index (κ2) is 8.46. The van der Waals surface area contributed by atoms with E-state index in [4.69, 9.17) is 9.47 Å². The number of amides is 1. The van der Waals surface area contributed by atoms with Crippen LogP contribution in [-0.2, 0) is 17.9 Å². The Balaban J connectivity index is 1.48. The number of nitrogens with zero attached hydrogens (tertiary/aromatic N) is 2. The number of likely N-dealkylation sites (N-methyl/N-ethyl adjacent to an activating group) is 1. The Morgan fingerprint density at radius 2 is 1.72 bits per heavy atom. The first-order valence-electron chi connectivity index (χ1n) is 10.5. The van der Waals surface area contributed by atoms with Gasteiger partial charge in [0.1, 0.15) is 12.1 Å². The van der Waals surface area contributed by atoms with Gasteiger partial charge in [-0.25, -0.2) is 0 Å². The number of ether oxygens (including phenoxy) is 2. The molecule has 2 heterocycles. The molecule has 29 heavy (non-hydrogen) atoms. The van der Waals surface area contributed by atoms with Crippen LogP contribution in [0.5, 0.6) is 11.5 Å². The molecule has 1 spiro atoms. The highest BCUT2D eigenvalue weighted by Crippen LogP contribution is 2.39. The van der Waals surface area contributed by atoms with Gasteiger partial charge in [-0.15, -0.1) is 0 Å². The van der Waals surface area contributed by atoms with Crippen molar-refractivity contribution in [3.63, 3.8) is 0 Å². The van der Waals surface area contributed by atoms with Crippen LogP contribution in [-0.4, -0.2) is 48.5 Å². The van der Waals surface area contributed by atoms with E-state index >= 15 is 0 Å². The van der Waals surface area contributed by atoms with Gasteiger partial charge in [0.15, 0.2) is 11.5 Å². The predicted molar refractivity (Wildman–Crippen MR) is 113 cm³/mol. The van der Waals surface area contributed by atoms with Gasteiger partial charge in [-0.3, -0.25) is 9.69 Å². The third-order valence-electron chi connectivity index (χ3n) is 6.29. The number of rotatable bonds is 6. The molecule has 0 aromatic heterocycles. The lowest BCUT2D eigenvalue weighted by atomic mass is 9.85. The van der Waals surface area contributed by atoms with Gasteiger partial charge in [-0.2, -0.15) is 0 Å². The van der Waals surface area contributed by atoms with Gasteiger partial charge in [0.05, 0.1) is 7.11 Å². The van der Waals surface area contributed by atoms with Crippen LogP contribution in [0.25, 0.3) is 0 Å². The molecule has 0 aliphatic carbocycles. The molecule has 1 amide bonds. The molecule has 154 valence electrons. The fourth-order valence-corrected chi connectivity index (χ4v) is 4.75. The molecule has 2 aromatic rings. The van der Waals surface area contributed by atoms with Gasteiger partial charge >= 0.3 is 0 Å². The van der Waals surface area contributed by atoms with Gasteiger partial charge in [0.2, 0.25) is 5.91 Å². The molecule has 0 radical (unpaired) electrons. The summed E-state index contributed by atoms with van der Waals surface area (Å²) in [5.41, 5.74) is 1.96. The predicted octanol–water partition coefficient (Wildman–Crippen LogP) is 3.86. The Morgan fingerprint density at radius 1 is 0.966 bits per heavy atom. The second-order valence-electron chi connectivity index (χ2n) is 8.15. The Hall–Kier alpha value is -2.53. The number of likely N-dealkylation sites (tertiary alicyclic amines) is 2. The summed E-state index contributed by atoms with van der Waals surface area (Å²) in [6.45, 7) is 3.10. The Kier molecular flexibility index (Phi) is 5.76. The molecule has 5 nitrogen and oxygen atoms in total. The number of hydrogen-bond acceptors (Lipinski definition) is 4. The van der Waals surface area contributed by atoms with Gasteiger partial charge in [0, 0.05) is 20.1 Å². The highest BCUT2D eigenvalue weighted by atomic mass is 16.5. The summed E-state index contributed by atoms with van der Waals surface area (Å²) in [5.74, 6) is 1.76. The molecule has 4 rings (SSSR count). The highest BCUT2D eigenvalue weighted by molar-refractivity contribution is 5.87. The molecule has 1 unspecified atom stereocenters. The molecule has 2 aliphatic rings. The quantitative estimate of drug-likeness (QED) is 0.746. The zero-order valence-corrected chi connectivity index (χ0v) is 17.4. The second-order valence-corrected chi connectivity index (χ2v) is 8.15. The smallest absolute Gasteiger partial charge is 0.242 e. The van der Waals surface area contributed by atoms with Crippen molar-refractivity contribution >= 4 is 5.91 Å². The van der Waals surface area contributed by atoms with Gasteiger partial charge in [0.25, 0.3) is 0 Å². The molecule has 2 saturated heterocycles. The summed E-state index contributed by atoms with van der Waals surface area (Å²) >= 11 is 0. The van der Waals surface area contributed by atoms with Crippen molar-refractivity contribution in [3.8, 4) is 11.5 Å². The van der Waals surface area contributed by atoms with Crippen molar-refractivity contribution in [3.05, 3.63) is 59.7 Å². The number of piperidine rings is 1. The fraction of sp³-hybridized carbons (Fsp3) is 0.458. The summed E-state index contributed by atoms with van der Waals surface area (Å²) in [7, 11) is 3.60. The van der Waals surface area contributed by atoms with Crippen LogP contribution in [0.2, 0.25) is 0 Å². The largest absolute Gasteiger partial charge is 0.493 e. The number of carbonyl (C=O) groups excluding carboxylic acids is 1. The van der Waals surface area contributed by atoms with Gasteiger partial charge < -0.3 is 14.4 Å². The highest BCUT2D eigenvalue weighted by Gasteiger charge is 2.49. The van der Waals surface area contributed by atoms with Crippen LogP contribution >= 0.6 is 0 Å². The average Bonchev–Trinajstić information content (AvgIpc) is 3.14. The molecule has 2 aromatic carbocycles. The minimum absolute atomic E-state index is 0.288. The maximum absolute atomic E-state index is 13.0. The molecule has 0 N–H and O–H groups in total. The van der Waals surface area contributed by atoms with Gasteiger partial charge in [-0.1, -0.05) is 36.4 Å². The molecular weight excluding hydrogens is 364 g/mol. The van der Waals surface area contributed by atoms with E-state index in [1.54, 1.807) is 7.11 Å². The summed E-state index contributed by atoms with van der Waals surface area (Å²) in [4.78, 5) is 17.3. The van der Waals surface area contributed by atoms with Crippen LogP contribution in [0.15, 0.2) is 48.5 Å². The van der Waals surface area contributed by atoms with E-state index in [-0.39, 0.29) is 11.4 Å². The molecular formula is C24H30N2O3. The van der Waals surface area contributed by atoms with E-state index in [1.165, 1.54) is 0 Å². The lowest BCUT2D eigenvalue weighted by Crippen LogP contribution is -2.58. The number of benzene rings is 2. The van der Waals surface area contributed by atoms with E-state index < -0.39 is 0 Å². The molecule has 2 fully saturated rings. The fourth-order valence-electron chi connectivity index (χ4n) is 4.75. The van der Waals surface area contributed by atoms with Crippen LogP contribution < -0.4 is 9.47 Å². The first-order chi connectivity index (χ1) is 14.1. The van der Waals surface area contributed by atoms with Gasteiger partial charge in [-0.05, 0) is 55.5 Å². The lowest BCUT2D eigenvalue weighted by Gasteiger charge is -2.43. The standard InChI is InChI=1S/C24H30N2O3/c1-25-14-6-12-24(23(25)27)13-7-15-26(24)17-20-10-11-21(22(16-20)28-2)29-18-19-8-4-3-5-9-19/h3-5,8-11,16H,6-7,12-15,17-18H2,1-2H3. The topological polar surface area (TPSA) is 42.0 Å². The van der Waals surface area contributed by atoms with Crippen LogP contribution in [0, 0.1) is 0 Å². The van der Waals surface area contributed by atoms with E-state index in [2.05, 4.69) is 11.0 Å². The Labute approximate surface area is 173 Å². The Morgan fingerprint density at radius 3 is 2.48 bits per heavy atom. The van der Waals surface area contributed by atoms with Crippen molar-refractivity contribution in [2.24, 2.45) is 0 Å². The van der Waals surface area contributed by atoms with E-state index in [1.807, 2.05) is 54.4 Å².